The van der Waals surface area contributed by atoms with Crippen LogP contribution in [0.4, 0.5) is 0 Å². The molecule has 3 heteroatoms. The van der Waals surface area contributed by atoms with Gasteiger partial charge in [-0.05, 0) is 11.1 Å². The second-order valence-corrected chi connectivity index (χ2v) is 4.67. The number of hydrogen-bond acceptors (Lipinski definition) is 2. The van der Waals surface area contributed by atoms with E-state index in [0.29, 0.717) is 19.5 Å². The Kier molecular flexibility index (Phi) is 5.80. The van der Waals surface area contributed by atoms with Gasteiger partial charge in [0.05, 0.1) is 0 Å². The fraction of sp³-hybridized carbons (Fsp3) is 0.235. The van der Waals surface area contributed by atoms with E-state index in [-0.39, 0.29) is 5.91 Å². The molecule has 2 N–H and O–H groups in total. The summed E-state index contributed by atoms with van der Waals surface area (Å²) in [5.74, 6) is 0.0782. The summed E-state index contributed by atoms with van der Waals surface area (Å²) < 4.78 is 0. The zero-order chi connectivity index (χ0) is 14.0. The first-order valence-electron chi connectivity index (χ1n) is 6.90. The molecule has 20 heavy (non-hydrogen) atoms. The molecule has 0 atom stereocenters. The SMILES string of the molecule is O=C(CCNCc1ccccc1)NCc1ccccc1. The summed E-state index contributed by atoms with van der Waals surface area (Å²) in [5.41, 5.74) is 2.36. The molecule has 0 radical (unpaired) electrons. The summed E-state index contributed by atoms with van der Waals surface area (Å²) in [6, 6.07) is 20.1. The minimum absolute atomic E-state index is 0.0782. The summed E-state index contributed by atoms with van der Waals surface area (Å²) in [7, 11) is 0. The number of nitrogens with one attached hydrogen (secondary N) is 2. The summed E-state index contributed by atoms with van der Waals surface area (Å²) in [6.45, 7) is 2.08. The van der Waals surface area contributed by atoms with E-state index in [1.54, 1.807) is 0 Å². The lowest BCUT2D eigenvalue weighted by Gasteiger charge is -2.06. The maximum atomic E-state index is 11.7. The molecule has 0 heterocycles. The summed E-state index contributed by atoms with van der Waals surface area (Å²) in [6.07, 6.45) is 0.500. The van der Waals surface area contributed by atoms with Gasteiger partial charge in [0.2, 0.25) is 5.91 Å². The predicted molar refractivity (Wildman–Crippen MR) is 81.1 cm³/mol. The Morgan fingerprint density at radius 2 is 1.35 bits per heavy atom. The first kappa shape index (κ1) is 14.3. The van der Waals surface area contributed by atoms with Crippen LogP contribution < -0.4 is 10.6 Å². The van der Waals surface area contributed by atoms with Gasteiger partial charge >= 0.3 is 0 Å². The topological polar surface area (TPSA) is 41.1 Å². The number of carbonyl (C=O) groups excluding carboxylic acids is 1. The molecule has 2 aromatic carbocycles. The van der Waals surface area contributed by atoms with Crippen LogP contribution in [0.5, 0.6) is 0 Å². The fourth-order valence-electron chi connectivity index (χ4n) is 1.92. The molecule has 0 aliphatic heterocycles. The summed E-state index contributed by atoms with van der Waals surface area (Å²) in [4.78, 5) is 11.7. The predicted octanol–water partition coefficient (Wildman–Crippen LogP) is 2.48. The molecule has 0 spiro atoms. The average Bonchev–Trinajstić information content (AvgIpc) is 2.52. The van der Waals surface area contributed by atoms with Gasteiger partial charge in [-0.2, -0.15) is 0 Å². The van der Waals surface area contributed by atoms with E-state index in [2.05, 4.69) is 22.8 Å². The third kappa shape index (κ3) is 5.24. The molecule has 0 bridgehead atoms. The molecule has 0 unspecified atom stereocenters. The van der Waals surface area contributed by atoms with Crippen LogP contribution in [-0.2, 0) is 17.9 Å². The molecular formula is C17H20N2O. The van der Waals surface area contributed by atoms with E-state index >= 15 is 0 Å². The molecule has 1 amide bonds. The zero-order valence-electron chi connectivity index (χ0n) is 11.5. The van der Waals surface area contributed by atoms with Gasteiger partial charge in [-0.15, -0.1) is 0 Å². The monoisotopic (exact) mass is 268 g/mol. The molecule has 0 saturated carbocycles. The Morgan fingerprint density at radius 3 is 1.95 bits per heavy atom. The van der Waals surface area contributed by atoms with E-state index in [9.17, 15) is 4.79 Å². The van der Waals surface area contributed by atoms with E-state index in [4.69, 9.17) is 0 Å². The average molecular weight is 268 g/mol. The van der Waals surface area contributed by atoms with Crippen molar-refractivity contribution in [1.29, 1.82) is 0 Å². The van der Waals surface area contributed by atoms with E-state index in [1.807, 2.05) is 48.5 Å². The quantitative estimate of drug-likeness (QED) is 0.757. The Morgan fingerprint density at radius 1 is 0.800 bits per heavy atom. The fourth-order valence-corrected chi connectivity index (χ4v) is 1.92. The lowest BCUT2D eigenvalue weighted by Crippen LogP contribution is -2.27. The number of carbonyl (C=O) groups is 1. The summed E-state index contributed by atoms with van der Waals surface area (Å²) in [5, 5.41) is 6.19. The van der Waals surface area contributed by atoms with Crippen LogP contribution in [0.3, 0.4) is 0 Å². The Balaban J connectivity index is 1.59. The van der Waals surface area contributed by atoms with Gasteiger partial charge in [0.1, 0.15) is 0 Å². The molecule has 0 aliphatic rings. The first-order chi connectivity index (χ1) is 9.84. The van der Waals surface area contributed by atoms with Crippen molar-refractivity contribution in [3.63, 3.8) is 0 Å². The second-order valence-electron chi connectivity index (χ2n) is 4.67. The Labute approximate surface area is 120 Å². The molecule has 0 aromatic heterocycles. The van der Waals surface area contributed by atoms with Crippen molar-refractivity contribution in [3.8, 4) is 0 Å². The highest BCUT2D eigenvalue weighted by Gasteiger charge is 2.00. The van der Waals surface area contributed by atoms with Crippen LogP contribution in [-0.4, -0.2) is 12.5 Å². The van der Waals surface area contributed by atoms with Gasteiger partial charge in [-0.25, -0.2) is 0 Å². The molecule has 0 saturated heterocycles. The van der Waals surface area contributed by atoms with Crippen molar-refractivity contribution in [1.82, 2.24) is 10.6 Å². The van der Waals surface area contributed by atoms with Crippen molar-refractivity contribution in [2.45, 2.75) is 19.5 Å². The maximum Gasteiger partial charge on any atom is 0.221 e. The van der Waals surface area contributed by atoms with Crippen molar-refractivity contribution >= 4 is 5.91 Å². The third-order valence-electron chi connectivity index (χ3n) is 3.03. The smallest absolute Gasteiger partial charge is 0.221 e. The number of amides is 1. The lowest BCUT2D eigenvalue weighted by atomic mass is 10.2. The highest BCUT2D eigenvalue weighted by atomic mass is 16.1. The minimum atomic E-state index is 0.0782. The number of benzene rings is 2. The molecule has 104 valence electrons. The molecule has 3 nitrogen and oxygen atoms in total. The van der Waals surface area contributed by atoms with Crippen molar-refractivity contribution < 1.29 is 4.79 Å². The molecule has 2 aromatic rings. The van der Waals surface area contributed by atoms with Crippen LogP contribution in [0.2, 0.25) is 0 Å². The van der Waals surface area contributed by atoms with Gasteiger partial charge in [0.15, 0.2) is 0 Å². The van der Waals surface area contributed by atoms with Crippen LogP contribution in [0.1, 0.15) is 17.5 Å². The highest BCUT2D eigenvalue weighted by Crippen LogP contribution is 1.98. The van der Waals surface area contributed by atoms with Gasteiger partial charge in [0.25, 0.3) is 0 Å². The minimum Gasteiger partial charge on any atom is -0.352 e. The molecular weight excluding hydrogens is 248 g/mol. The largest absolute Gasteiger partial charge is 0.352 e. The van der Waals surface area contributed by atoms with Crippen molar-refractivity contribution in [2.24, 2.45) is 0 Å². The standard InChI is InChI=1S/C17H20N2O/c20-17(19-14-16-9-5-2-6-10-16)11-12-18-13-15-7-3-1-4-8-15/h1-10,18H,11-14H2,(H,19,20). The molecule has 0 aliphatic carbocycles. The van der Waals surface area contributed by atoms with E-state index in [0.717, 1.165) is 12.1 Å². The van der Waals surface area contributed by atoms with Crippen LogP contribution in [0, 0.1) is 0 Å². The maximum absolute atomic E-state index is 11.7. The number of rotatable bonds is 7. The Bertz CT molecular complexity index is 511. The van der Waals surface area contributed by atoms with Crippen LogP contribution in [0.15, 0.2) is 60.7 Å². The lowest BCUT2D eigenvalue weighted by molar-refractivity contribution is -0.121. The summed E-state index contributed by atoms with van der Waals surface area (Å²) >= 11 is 0. The van der Waals surface area contributed by atoms with Gasteiger partial charge in [-0.1, -0.05) is 60.7 Å². The highest BCUT2D eigenvalue weighted by molar-refractivity contribution is 5.76. The second kappa shape index (κ2) is 8.12. The van der Waals surface area contributed by atoms with Crippen molar-refractivity contribution in [2.75, 3.05) is 6.54 Å². The normalized spacial score (nSPS) is 10.2. The first-order valence-corrected chi connectivity index (χ1v) is 6.90. The Hall–Kier alpha value is -2.13. The van der Waals surface area contributed by atoms with Gasteiger partial charge in [0, 0.05) is 26.1 Å². The van der Waals surface area contributed by atoms with Gasteiger partial charge < -0.3 is 10.6 Å². The van der Waals surface area contributed by atoms with E-state index in [1.165, 1.54) is 5.56 Å². The zero-order valence-corrected chi connectivity index (χ0v) is 11.5. The molecule has 2 rings (SSSR count). The van der Waals surface area contributed by atoms with E-state index < -0.39 is 0 Å². The van der Waals surface area contributed by atoms with Crippen LogP contribution >= 0.6 is 0 Å². The van der Waals surface area contributed by atoms with Crippen LogP contribution in [0.25, 0.3) is 0 Å². The third-order valence-corrected chi connectivity index (χ3v) is 3.03. The van der Waals surface area contributed by atoms with Gasteiger partial charge in [-0.3, -0.25) is 4.79 Å². The number of hydrogen-bond donors (Lipinski definition) is 2. The van der Waals surface area contributed by atoms with Crippen molar-refractivity contribution in [3.05, 3.63) is 71.8 Å². The molecule has 0 fully saturated rings.